The van der Waals surface area contributed by atoms with Gasteiger partial charge in [0.2, 0.25) is 5.91 Å². The van der Waals surface area contributed by atoms with Gasteiger partial charge in [-0.1, -0.05) is 55.5 Å². The van der Waals surface area contributed by atoms with Crippen molar-refractivity contribution in [1.82, 2.24) is 0 Å². The Morgan fingerprint density at radius 1 is 1.16 bits per heavy atom. The molecule has 31 heavy (non-hydrogen) atoms. The lowest BCUT2D eigenvalue weighted by Crippen LogP contribution is -2.37. The topological polar surface area (TPSA) is 133 Å². The first kappa shape index (κ1) is 22.7. The standard InChI is InChI=1S/C25H33N5O/c1-25(11-3-2-4-12-25)21(10-13-26)24(31)30-19-8-9-22(28)20(15-19)23(29)18-7-5-6-17(14-18)16-27/h2-9,11,14-15,21,23H,10,12-13,16,26-29H2,1H3,(H,30,31). The van der Waals surface area contributed by atoms with Gasteiger partial charge >= 0.3 is 0 Å². The first-order valence-corrected chi connectivity index (χ1v) is 10.7. The second kappa shape index (κ2) is 9.92. The number of nitrogen functional groups attached to an aromatic ring is 1. The number of rotatable bonds is 8. The number of carbonyl (C=O) groups is 1. The second-order valence-electron chi connectivity index (χ2n) is 8.39. The maximum absolute atomic E-state index is 13.2. The van der Waals surface area contributed by atoms with Crippen LogP contribution in [0.5, 0.6) is 0 Å². The van der Waals surface area contributed by atoms with Gasteiger partial charge in [-0.15, -0.1) is 0 Å². The van der Waals surface area contributed by atoms with E-state index in [-0.39, 0.29) is 17.2 Å². The predicted molar refractivity (Wildman–Crippen MR) is 128 cm³/mol. The molecular weight excluding hydrogens is 386 g/mol. The van der Waals surface area contributed by atoms with E-state index >= 15 is 0 Å². The number of nitrogens with two attached hydrogens (primary N) is 4. The molecule has 3 atom stereocenters. The molecule has 1 aliphatic carbocycles. The summed E-state index contributed by atoms with van der Waals surface area (Å²) in [5.74, 6) is -0.295. The lowest BCUT2D eigenvalue weighted by molar-refractivity contribution is -0.122. The van der Waals surface area contributed by atoms with Gasteiger partial charge in [0.05, 0.1) is 6.04 Å². The van der Waals surface area contributed by atoms with Crippen LogP contribution in [0, 0.1) is 11.3 Å². The van der Waals surface area contributed by atoms with Crippen molar-refractivity contribution in [1.29, 1.82) is 0 Å². The van der Waals surface area contributed by atoms with E-state index in [1.54, 1.807) is 12.1 Å². The number of nitrogens with one attached hydrogen (secondary N) is 1. The van der Waals surface area contributed by atoms with Gasteiger partial charge in [0.1, 0.15) is 0 Å². The van der Waals surface area contributed by atoms with E-state index in [4.69, 9.17) is 22.9 Å². The quantitative estimate of drug-likeness (QED) is 0.419. The molecule has 1 aliphatic rings. The monoisotopic (exact) mass is 419 g/mol. The molecule has 164 valence electrons. The minimum absolute atomic E-state index is 0.0534. The van der Waals surface area contributed by atoms with Crippen LogP contribution >= 0.6 is 0 Å². The summed E-state index contributed by atoms with van der Waals surface area (Å²) in [6, 6.07) is 12.8. The highest BCUT2D eigenvalue weighted by molar-refractivity contribution is 5.93. The molecule has 0 saturated heterocycles. The van der Waals surface area contributed by atoms with Gasteiger partial charge in [-0.3, -0.25) is 4.79 Å². The second-order valence-corrected chi connectivity index (χ2v) is 8.39. The zero-order valence-electron chi connectivity index (χ0n) is 18.1. The number of anilines is 2. The summed E-state index contributed by atoms with van der Waals surface area (Å²) in [6.07, 6.45) is 9.60. The van der Waals surface area contributed by atoms with Gasteiger partial charge in [-0.25, -0.2) is 0 Å². The Balaban J connectivity index is 1.84. The van der Waals surface area contributed by atoms with Crippen LogP contribution in [0.1, 0.15) is 42.5 Å². The Hall–Kier alpha value is -2.93. The van der Waals surface area contributed by atoms with Crippen LogP contribution < -0.4 is 28.3 Å². The number of amides is 1. The molecule has 3 unspecified atom stereocenters. The normalized spacial score (nSPS) is 19.7. The zero-order valence-corrected chi connectivity index (χ0v) is 18.1. The molecular formula is C25H33N5O. The largest absolute Gasteiger partial charge is 0.398 e. The predicted octanol–water partition coefficient (Wildman–Crippen LogP) is 3.20. The molecule has 0 saturated carbocycles. The van der Waals surface area contributed by atoms with Crippen LogP contribution in [0.4, 0.5) is 11.4 Å². The number of hydrogen-bond acceptors (Lipinski definition) is 5. The average Bonchev–Trinajstić information content (AvgIpc) is 2.78. The number of carbonyl (C=O) groups excluding carboxylic acids is 1. The summed E-state index contributed by atoms with van der Waals surface area (Å²) >= 11 is 0. The molecule has 1 amide bonds. The van der Waals surface area contributed by atoms with Crippen LogP contribution in [0.25, 0.3) is 0 Å². The third-order valence-corrected chi connectivity index (χ3v) is 6.08. The van der Waals surface area contributed by atoms with Crippen molar-refractivity contribution in [3.8, 4) is 0 Å². The van der Waals surface area contributed by atoms with Crippen molar-refractivity contribution in [2.24, 2.45) is 28.5 Å². The molecule has 6 heteroatoms. The summed E-state index contributed by atoms with van der Waals surface area (Å²) in [5, 5.41) is 3.06. The Morgan fingerprint density at radius 2 is 1.97 bits per heavy atom. The fraction of sp³-hybridized carbons (Fsp3) is 0.320. The van der Waals surface area contributed by atoms with Crippen LogP contribution in [-0.2, 0) is 11.3 Å². The Bertz CT molecular complexity index is 984. The lowest BCUT2D eigenvalue weighted by Gasteiger charge is -2.34. The summed E-state index contributed by atoms with van der Waals surface area (Å²) in [5.41, 5.74) is 28.0. The maximum atomic E-state index is 13.2. The van der Waals surface area contributed by atoms with Gasteiger partial charge in [0.15, 0.2) is 0 Å². The van der Waals surface area contributed by atoms with E-state index in [0.29, 0.717) is 30.9 Å². The van der Waals surface area contributed by atoms with E-state index < -0.39 is 6.04 Å². The molecule has 0 bridgehead atoms. The van der Waals surface area contributed by atoms with E-state index in [9.17, 15) is 4.79 Å². The molecule has 2 aromatic rings. The average molecular weight is 420 g/mol. The molecule has 6 nitrogen and oxygen atoms in total. The van der Waals surface area contributed by atoms with Crippen molar-refractivity contribution in [3.05, 3.63) is 83.5 Å². The highest BCUT2D eigenvalue weighted by atomic mass is 16.1. The third kappa shape index (κ3) is 5.22. The zero-order chi connectivity index (χ0) is 22.4. The Morgan fingerprint density at radius 3 is 2.65 bits per heavy atom. The Kier molecular flexibility index (Phi) is 7.28. The first-order chi connectivity index (χ1) is 14.9. The number of allylic oxidation sites excluding steroid dienone is 4. The highest BCUT2D eigenvalue weighted by Crippen LogP contribution is 2.38. The van der Waals surface area contributed by atoms with Gasteiger partial charge in [0, 0.05) is 29.3 Å². The van der Waals surface area contributed by atoms with Crippen LogP contribution in [0.15, 0.2) is 66.8 Å². The van der Waals surface area contributed by atoms with E-state index in [0.717, 1.165) is 23.1 Å². The molecule has 0 spiro atoms. The fourth-order valence-electron chi connectivity index (χ4n) is 4.17. The number of benzene rings is 2. The van der Waals surface area contributed by atoms with E-state index in [1.165, 1.54) is 0 Å². The van der Waals surface area contributed by atoms with Crippen molar-refractivity contribution in [3.63, 3.8) is 0 Å². The van der Waals surface area contributed by atoms with Gasteiger partial charge in [-0.05, 0) is 54.3 Å². The summed E-state index contributed by atoms with van der Waals surface area (Å²) in [6.45, 7) is 2.99. The van der Waals surface area contributed by atoms with Crippen molar-refractivity contribution < 1.29 is 4.79 Å². The molecule has 0 aromatic heterocycles. The van der Waals surface area contributed by atoms with Gasteiger partial charge < -0.3 is 28.3 Å². The SMILES string of the molecule is CC1(C(CCN)C(=O)Nc2ccc(N)c(C(N)c3cccc(CN)c3)c2)C=CC=CC1. The van der Waals surface area contributed by atoms with Crippen LogP contribution in [0.3, 0.4) is 0 Å². The third-order valence-electron chi connectivity index (χ3n) is 6.08. The van der Waals surface area contributed by atoms with Crippen molar-refractivity contribution in [2.45, 2.75) is 32.4 Å². The van der Waals surface area contributed by atoms with Crippen molar-refractivity contribution in [2.75, 3.05) is 17.6 Å². The minimum Gasteiger partial charge on any atom is -0.398 e. The molecule has 0 radical (unpaired) electrons. The fourth-order valence-corrected chi connectivity index (χ4v) is 4.17. The maximum Gasteiger partial charge on any atom is 0.228 e. The van der Waals surface area contributed by atoms with Crippen molar-refractivity contribution >= 4 is 17.3 Å². The lowest BCUT2D eigenvalue weighted by atomic mass is 9.70. The first-order valence-electron chi connectivity index (χ1n) is 10.7. The van der Waals surface area contributed by atoms with Crippen LogP contribution in [0.2, 0.25) is 0 Å². The minimum atomic E-state index is -0.424. The smallest absolute Gasteiger partial charge is 0.228 e. The van der Waals surface area contributed by atoms with Crippen LogP contribution in [-0.4, -0.2) is 12.5 Å². The summed E-state index contributed by atoms with van der Waals surface area (Å²) < 4.78 is 0. The highest BCUT2D eigenvalue weighted by Gasteiger charge is 2.36. The Labute approximate surface area is 184 Å². The molecule has 9 N–H and O–H groups in total. The molecule has 2 aromatic carbocycles. The molecule has 0 aliphatic heterocycles. The summed E-state index contributed by atoms with van der Waals surface area (Å²) in [4.78, 5) is 13.2. The summed E-state index contributed by atoms with van der Waals surface area (Å²) in [7, 11) is 0. The van der Waals surface area contributed by atoms with E-state index in [2.05, 4.69) is 24.4 Å². The molecule has 0 heterocycles. The van der Waals surface area contributed by atoms with E-state index in [1.807, 2.05) is 42.5 Å². The molecule has 0 fully saturated rings. The number of hydrogen-bond donors (Lipinski definition) is 5. The van der Waals surface area contributed by atoms with Gasteiger partial charge in [0.25, 0.3) is 0 Å². The van der Waals surface area contributed by atoms with Gasteiger partial charge in [-0.2, -0.15) is 0 Å². The molecule has 3 rings (SSSR count).